The van der Waals surface area contributed by atoms with E-state index in [4.69, 9.17) is 16.6 Å². The maximum Gasteiger partial charge on any atom is 0.163 e. The van der Waals surface area contributed by atoms with Crippen LogP contribution in [0.1, 0.15) is 29.4 Å². The highest BCUT2D eigenvalue weighted by Gasteiger charge is 2.22. The van der Waals surface area contributed by atoms with Gasteiger partial charge in [-0.15, -0.1) is 11.6 Å². The number of aromatic nitrogens is 4. The van der Waals surface area contributed by atoms with E-state index < -0.39 is 0 Å². The molecule has 2 aromatic heterocycles. The van der Waals surface area contributed by atoms with Gasteiger partial charge in [-0.2, -0.15) is 5.10 Å². The Morgan fingerprint density at radius 2 is 2.00 bits per heavy atom. The van der Waals surface area contributed by atoms with E-state index >= 15 is 0 Å². The molecule has 0 bridgehead atoms. The number of hydrogen-bond donors (Lipinski definition) is 0. The fourth-order valence-electron chi connectivity index (χ4n) is 2.63. The van der Waals surface area contributed by atoms with Crippen molar-refractivity contribution in [1.29, 1.82) is 0 Å². The number of fused-ring (bicyclic) bond motifs is 1. The largest absolute Gasteiger partial charge is 0.279 e. The van der Waals surface area contributed by atoms with Gasteiger partial charge >= 0.3 is 0 Å². The highest BCUT2D eigenvalue weighted by atomic mass is 79.9. The van der Waals surface area contributed by atoms with Gasteiger partial charge in [-0.05, 0) is 38.5 Å². The molecule has 0 aliphatic rings. The van der Waals surface area contributed by atoms with Crippen molar-refractivity contribution in [2.45, 2.75) is 26.1 Å². The van der Waals surface area contributed by atoms with Crippen molar-refractivity contribution >= 4 is 38.7 Å². The second-order valence-electron chi connectivity index (χ2n) is 5.19. The van der Waals surface area contributed by atoms with Gasteiger partial charge in [0.1, 0.15) is 11.3 Å². The molecule has 0 saturated heterocycles. The molecule has 3 rings (SSSR count). The van der Waals surface area contributed by atoms with Crippen LogP contribution < -0.4 is 0 Å². The lowest BCUT2D eigenvalue weighted by molar-refractivity contribution is 0.747. The van der Waals surface area contributed by atoms with E-state index in [0.29, 0.717) is 0 Å². The Morgan fingerprint density at radius 3 is 2.67 bits per heavy atom. The molecule has 21 heavy (non-hydrogen) atoms. The predicted octanol–water partition coefficient (Wildman–Crippen LogP) is 4.44. The van der Waals surface area contributed by atoms with Crippen molar-refractivity contribution in [2.24, 2.45) is 7.05 Å². The number of benzene rings is 1. The third-order valence-corrected chi connectivity index (χ3v) is 4.72. The zero-order chi connectivity index (χ0) is 15.3. The van der Waals surface area contributed by atoms with Crippen LogP contribution in [-0.2, 0) is 7.05 Å². The summed E-state index contributed by atoms with van der Waals surface area (Å²) in [7, 11) is 1.93. The molecule has 2 heterocycles. The van der Waals surface area contributed by atoms with Crippen LogP contribution >= 0.6 is 27.5 Å². The number of aryl methyl sites for hydroxylation is 2. The van der Waals surface area contributed by atoms with Gasteiger partial charge in [0.05, 0.1) is 16.8 Å². The summed E-state index contributed by atoms with van der Waals surface area (Å²) in [6, 6.07) is 6.13. The van der Waals surface area contributed by atoms with Crippen LogP contribution in [0.5, 0.6) is 0 Å². The molecule has 0 fully saturated rings. The minimum absolute atomic E-state index is 0.185. The molecule has 0 spiro atoms. The van der Waals surface area contributed by atoms with Gasteiger partial charge in [0.15, 0.2) is 5.65 Å². The first kappa shape index (κ1) is 14.6. The van der Waals surface area contributed by atoms with Gasteiger partial charge in [-0.3, -0.25) is 4.57 Å². The second kappa shape index (κ2) is 5.14. The normalized spacial score (nSPS) is 13.0. The highest BCUT2D eigenvalue weighted by molar-refractivity contribution is 9.10. The van der Waals surface area contributed by atoms with Gasteiger partial charge in [0.25, 0.3) is 0 Å². The minimum Gasteiger partial charge on any atom is -0.279 e. The van der Waals surface area contributed by atoms with Crippen LogP contribution in [0.3, 0.4) is 0 Å². The average molecular weight is 368 g/mol. The number of hydrogen-bond acceptors (Lipinski definition) is 2. The van der Waals surface area contributed by atoms with Crippen molar-refractivity contribution in [2.75, 3.05) is 0 Å². The fraction of sp³-hybridized carbons (Fsp3) is 0.333. The number of alkyl halides is 1. The van der Waals surface area contributed by atoms with E-state index in [1.54, 1.807) is 0 Å². The molecule has 1 unspecified atom stereocenters. The summed E-state index contributed by atoms with van der Waals surface area (Å²) in [5.41, 5.74) is 5.00. The number of nitrogens with zero attached hydrogens (tertiary/aromatic N) is 4. The summed E-state index contributed by atoms with van der Waals surface area (Å²) >= 11 is 9.95. The molecule has 3 aromatic rings. The minimum atomic E-state index is -0.185. The molecule has 0 N–H and O–H groups in total. The Hall–Kier alpha value is -1.33. The van der Waals surface area contributed by atoms with Crippen molar-refractivity contribution in [3.05, 3.63) is 39.8 Å². The van der Waals surface area contributed by atoms with Crippen LogP contribution in [-0.4, -0.2) is 19.3 Å². The van der Waals surface area contributed by atoms with E-state index in [0.717, 1.165) is 38.4 Å². The summed E-state index contributed by atoms with van der Waals surface area (Å²) in [4.78, 5) is 4.71. The standard InChI is InChI=1S/C15H16BrClN4/c1-8-11(16)6-5-7-12(8)21-14(9(2)17)18-13-10(3)19-20(4)15(13)21/h5-7,9H,1-4H3. The van der Waals surface area contributed by atoms with Gasteiger partial charge in [0.2, 0.25) is 0 Å². The molecular weight excluding hydrogens is 352 g/mol. The van der Waals surface area contributed by atoms with Crippen LogP contribution in [0.15, 0.2) is 22.7 Å². The van der Waals surface area contributed by atoms with Gasteiger partial charge in [0, 0.05) is 11.5 Å². The Labute approximate surface area is 136 Å². The average Bonchev–Trinajstić information content (AvgIpc) is 2.93. The molecule has 1 aromatic carbocycles. The van der Waals surface area contributed by atoms with Crippen LogP contribution in [0, 0.1) is 13.8 Å². The van der Waals surface area contributed by atoms with E-state index in [-0.39, 0.29) is 5.38 Å². The lowest BCUT2D eigenvalue weighted by Crippen LogP contribution is -2.07. The maximum absolute atomic E-state index is 6.36. The predicted molar refractivity (Wildman–Crippen MR) is 89.3 cm³/mol. The van der Waals surface area contributed by atoms with Crippen molar-refractivity contribution in [3.63, 3.8) is 0 Å². The smallest absolute Gasteiger partial charge is 0.163 e. The molecule has 6 heteroatoms. The van der Waals surface area contributed by atoms with E-state index in [1.165, 1.54) is 0 Å². The van der Waals surface area contributed by atoms with Crippen LogP contribution in [0.25, 0.3) is 16.9 Å². The fourth-order valence-corrected chi connectivity index (χ4v) is 3.13. The first-order chi connectivity index (χ1) is 9.91. The molecule has 0 saturated carbocycles. The molecule has 0 aliphatic heterocycles. The van der Waals surface area contributed by atoms with Crippen molar-refractivity contribution < 1.29 is 0 Å². The molecular formula is C15H16BrClN4. The molecule has 0 aliphatic carbocycles. The topological polar surface area (TPSA) is 35.6 Å². The quantitative estimate of drug-likeness (QED) is 0.628. The lowest BCUT2D eigenvalue weighted by Gasteiger charge is -2.14. The van der Waals surface area contributed by atoms with E-state index in [2.05, 4.69) is 38.6 Å². The number of imidazole rings is 1. The van der Waals surface area contributed by atoms with Gasteiger partial charge in [-0.25, -0.2) is 9.67 Å². The summed E-state index contributed by atoms with van der Waals surface area (Å²) in [6.07, 6.45) is 0. The monoisotopic (exact) mass is 366 g/mol. The third-order valence-electron chi connectivity index (χ3n) is 3.66. The van der Waals surface area contributed by atoms with Gasteiger partial charge in [-0.1, -0.05) is 22.0 Å². The zero-order valence-corrected chi connectivity index (χ0v) is 14.7. The third kappa shape index (κ3) is 2.19. The Kier molecular flexibility index (Phi) is 3.58. The molecule has 1 atom stereocenters. The Bertz CT molecular complexity index is 832. The lowest BCUT2D eigenvalue weighted by atomic mass is 10.2. The van der Waals surface area contributed by atoms with Crippen molar-refractivity contribution in [3.8, 4) is 5.69 Å². The summed E-state index contributed by atoms with van der Waals surface area (Å²) < 4.78 is 5.03. The van der Waals surface area contributed by atoms with E-state index in [1.807, 2.05) is 37.7 Å². The van der Waals surface area contributed by atoms with Crippen LogP contribution in [0.2, 0.25) is 0 Å². The molecule has 110 valence electrons. The number of halogens is 2. The van der Waals surface area contributed by atoms with E-state index in [9.17, 15) is 0 Å². The Balaban J connectivity index is 2.44. The highest BCUT2D eigenvalue weighted by Crippen LogP contribution is 2.32. The first-order valence-electron chi connectivity index (χ1n) is 6.73. The maximum atomic E-state index is 6.36. The summed E-state index contributed by atoms with van der Waals surface area (Å²) in [5, 5.41) is 4.28. The molecule has 0 amide bonds. The zero-order valence-electron chi connectivity index (χ0n) is 12.4. The first-order valence-corrected chi connectivity index (χ1v) is 7.96. The Morgan fingerprint density at radius 1 is 1.29 bits per heavy atom. The second-order valence-corrected chi connectivity index (χ2v) is 6.70. The molecule has 0 radical (unpaired) electrons. The molecule has 4 nitrogen and oxygen atoms in total. The van der Waals surface area contributed by atoms with Gasteiger partial charge < -0.3 is 0 Å². The summed E-state index contributed by atoms with van der Waals surface area (Å²) in [5.74, 6) is 0.837. The SMILES string of the molecule is Cc1c(Br)cccc1-n1c(C(C)Cl)nc2c(C)nn(C)c21. The van der Waals surface area contributed by atoms with Crippen LogP contribution in [0.4, 0.5) is 0 Å². The summed E-state index contributed by atoms with van der Waals surface area (Å²) in [6.45, 7) is 5.99. The number of rotatable bonds is 2. The van der Waals surface area contributed by atoms with Crippen molar-refractivity contribution in [1.82, 2.24) is 19.3 Å².